The van der Waals surface area contributed by atoms with Crippen LogP contribution >= 0.6 is 23.2 Å². The lowest BCUT2D eigenvalue weighted by atomic mass is 10.1. The standard InChI is InChI=1S/C15H12Cl2N2O2/c1-9(10-2-5-12(20)6-3-10)18-19-15(21)11-4-7-13(16)14(17)8-11/h2-8,20H,1H3,(H,19,21). The molecule has 21 heavy (non-hydrogen) atoms. The summed E-state index contributed by atoms with van der Waals surface area (Å²) in [7, 11) is 0. The van der Waals surface area contributed by atoms with Crippen LogP contribution in [0.1, 0.15) is 22.8 Å². The molecule has 6 heteroatoms. The Balaban J connectivity index is 2.10. The van der Waals surface area contributed by atoms with Gasteiger partial charge in [-0.2, -0.15) is 5.10 Å². The molecule has 2 rings (SSSR count). The number of amides is 1. The van der Waals surface area contributed by atoms with E-state index in [0.29, 0.717) is 21.3 Å². The maximum absolute atomic E-state index is 11.9. The molecule has 0 heterocycles. The number of phenolic OH excluding ortho intramolecular Hbond substituents is 1. The molecule has 0 aliphatic rings. The Hall–Kier alpha value is -2.04. The van der Waals surface area contributed by atoms with Gasteiger partial charge >= 0.3 is 0 Å². The Morgan fingerprint density at radius 2 is 1.67 bits per heavy atom. The molecule has 0 aromatic heterocycles. The second kappa shape index (κ2) is 6.61. The van der Waals surface area contributed by atoms with Crippen LogP contribution in [0.5, 0.6) is 5.75 Å². The Labute approximate surface area is 132 Å². The topological polar surface area (TPSA) is 61.7 Å². The molecular formula is C15H12Cl2N2O2. The van der Waals surface area contributed by atoms with Crippen LogP contribution in [-0.2, 0) is 0 Å². The molecule has 0 bridgehead atoms. The van der Waals surface area contributed by atoms with E-state index in [-0.39, 0.29) is 11.7 Å². The molecule has 2 aromatic carbocycles. The van der Waals surface area contributed by atoms with Crippen molar-refractivity contribution in [2.75, 3.05) is 0 Å². The third kappa shape index (κ3) is 3.97. The first-order valence-electron chi connectivity index (χ1n) is 6.06. The lowest BCUT2D eigenvalue weighted by Gasteiger charge is -2.04. The molecular weight excluding hydrogens is 311 g/mol. The van der Waals surface area contributed by atoms with Gasteiger partial charge in [0.2, 0.25) is 0 Å². The van der Waals surface area contributed by atoms with E-state index in [2.05, 4.69) is 10.5 Å². The van der Waals surface area contributed by atoms with E-state index in [9.17, 15) is 9.90 Å². The number of hydrogen-bond donors (Lipinski definition) is 2. The number of phenols is 1. The van der Waals surface area contributed by atoms with Gasteiger partial charge in [-0.1, -0.05) is 23.2 Å². The van der Waals surface area contributed by atoms with Gasteiger partial charge in [-0.05, 0) is 55.0 Å². The predicted molar refractivity (Wildman–Crippen MR) is 84.2 cm³/mol. The number of benzene rings is 2. The zero-order valence-corrected chi connectivity index (χ0v) is 12.6. The Bertz CT molecular complexity index is 697. The van der Waals surface area contributed by atoms with Gasteiger partial charge in [-0.25, -0.2) is 5.43 Å². The van der Waals surface area contributed by atoms with E-state index in [0.717, 1.165) is 5.56 Å². The summed E-state index contributed by atoms with van der Waals surface area (Å²) < 4.78 is 0. The molecule has 0 aliphatic heterocycles. The van der Waals surface area contributed by atoms with Crippen LogP contribution in [0.3, 0.4) is 0 Å². The Morgan fingerprint density at radius 3 is 2.29 bits per heavy atom. The first-order chi connectivity index (χ1) is 9.97. The predicted octanol–water partition coefficient (Wildman–Crippen LogP) is 3.85. The number of aromatic hydroxyl groups is 1. The van der Waals surface area contributed by atoms with Crippen molar-refractivity contribution in [3.63, 3.8) is 0 Å². The minimum absolute atomic E-state index is 0.173. The van der Waals surface area contributed by atoms with Gasteiger partial charge in [0.1, 0.15) is 5.75 Å². The van der Waals surface area contributed by atoms with Crippen molar-refractivity contribution in [2.24, 2.45) is 5.10 Å². The van der Waals surface area contributed by atoms with Crippen molar-refractivity contribution >= 4 is 34.8 Å². The van der Waals surface area contributed by atoms with E-state index in [1.54, 1.807) is 43.3 Å². The minimum Gasteiger partial charge on any atom is -0.508 e. The highest BCUT2D eigenvalue weighted by molar-refractivity contribution is 6.42. The van der Waals surface area contributed by atoms with Gasteiger partial charge < -0.3 is 5.11 Å². The average molecular weight is 323 g/mol. The molecule has 0 saturated carbocycles. The Morgan fingerprint density at radius 1 is 1.05 bits per heavy atom. The van der Waals surface area contributed by atoms with Crippen LogP contribution in [0.15, 0.2) is 47.6 Å². The number of carbonyl (C=O) groups excluding carboxylic acids is 1. The van der Waals surface area contributed by atoms with E-state index >= 15 is 0 Å². The quantitative estimate of drug-likeness (QED) is 0.666. The second-order valence-electron chi connectivity index (χ2n) is 4.31. The number of nitrogens with one attached hydrogen (secondary N) is 1. The van der Waals surface area contributed by atoms with Gasteiger partial charge in [0.15, 0.2) is 0 Å². The van der Waals surface area contributed by atoms with E-state index < -0.39 is 0 Å². The summed E-state index contributed by atoms with van der Waals surface area (Å²) >= 11 is 11.7. The number of rotatable bonds is 3. The number of hydrogen-bond acceptors (Lipinski definition) is 3. The van der Waals surface area contributed by atoms with Crippen LogP contribution in [0.25, 0.3) is 0 Å². The van der Waals surface area contributed by atoms with Crippen LogP contribution < -0.4 is 5.43 Å². The van der Waals surface area contributed by atoms with Crippen LogP contribution in [0, 0.1) is 0 Å². The fraction of sp³-hybridized carbons (Fsp3) is 0.0667. The molecule has 0 saturated heterocycles. The highest BCUT2D eigenvalue weighted by Crippen LogP contribution is 2.22. The summed E-state index contributed by atoms with van der Waals surface area (Å²) in [6.07, 6.45) is 0. The highest BCUT2D eigenvalue weighted by atomic mass is 35.5. The molecule has 0 fully saturated rings. The molecule has 0 unspecified atom stereocenters. The fourth-order valence-corrected chi connectivity index (χ4v) is 1.90. The maximum Gasteiger partial charge on any atom is 0.271 e. The monoisotopic (exact) mass is 322 g/mol. The lowest BCUT2D eigenvalue weighted by Crippen LogP contribution is -2.19. The van der Waals surface area contributed by atoms with E-state index in [4.69, 9.17) is 23.2 Å². The number of carbonyl (C=O) groups is 1. The molecule has 4 nitrogen and oxygen atoms in total. The fourth-order valence-electron chi connectivity index (χ4n) is 1.60. The Kier molecular flexibility index (Phi) is 4.83. The summed E-state index contributed by atoms with van der Waals surface area (Å²) in [5.41, 5.74) is 4.22. The minimum atomic E-state index is -0.383. The van der Waals surface area contributed by atoms with E-state index in [1.807, 2.05) is 0 Å². The summed E-state index contributed by atoms with van der Waals surface area (Å²) in [6.45, 7) is 1.75. The molecule has 2 N–H and O–H groups in total. The van der Waals surface area contributed by atoms with Crippen LogP contribution in [0.2, 0.25) is 10.0 Å². The highest BCUT2D eigenvalue weighted by Gasteiger charge is 2.07. The third-order valence-corrected chi connectivity index (χ3v) is 3.53. The van der Waals surface area contributed by atoms with Crippen molar-refractivity contribution in [1.82, 2.24) is 5.43 Å². The summed E-state index contributed by atoms with van der Waals surface area (Å²) in [6, 6.07) is 11.1. The summed E-state index contributed by atoms with van der Waals surface area (Å²) in [5.74, 6) is -0.210. The third-order valence-electron chi connectivity index (χ3n) is 2.79. The first-order valence-corrected chi connectivity index (χ1v) is 6.82. The van der Waals surface area contributed by atoms with Gasteiger partial charge in [-0.15, -0.1) is 0 Å². The molecule has 108 valence electrons. The number of halogens is 2. The summed E-state index contributed by atoms with van der Waals surface area (Å²) in [4.78, 5) is 11.9. The molecule has 0 aliphatic carbocycles. The van der Waals surface area contributed by atoms with Crippen molar-refractivity contribution in [3.8, 4) is 5.75 Å². The van der Waals surface area contributed by atoms with Crippen LogP contribution in [0.4, 0.5) is 0 Å². The maximum atomic E-state index is 11.9. The first kappa shape index (κ1) is 15.4. The second-order valence-corrected chi connectivity index (χ2v) is 5.13. The zero-order valence-electron chi connectivity index (χ0n) is 11.1. The smallest absolute Gasteiger partial charge is 0.271 e. The van der Waals surface area contributed by atoms with Gasteiger partial charge in [0.25, 0.3) is 5.91 Å². The van der Waals surface area contributed by atoms with E-state index in [1.165, 1.54) is 6.07 Å². The summed E-state index contributed by atoms with van der Waals surface area (Å²) in [5, 5.41) is 13.9. The largest absolute Gasteiger partial charge is 0.508 e. The molecule has 1 amide bonds. The molecule has 0 spiro atoms. The zero-order chi connectivity index (χ0) is 15.4. The van der Waals surface area contributed by atoms with Gasteiger partial charge in [0.05, 0.1) is 15.8 Å². The van der Waals surface area contributed by atoms with Crippen LogP contribution in [-0.4, -0.2) is 16.7 Å². The number of nitrogens with zero attached hydrogens (tertiary/aromatic N) is 1. The van der Waals surface area contributed by atoms with Gasteiger partial charge in [-0.3, -0.25) is 4.79 Å². The molecule has 0 atom stereocenters. The molecule has 2 aromatic rings. The number of hydrazone groups is 1. The van der Waals surface area contributed by atoms with Gasteiger partial charge in [0, 0.05) is 5.56 Å². The lowest BCUT2D eigenvalue weighted by molar-refractivity contribution is 0.0955. The normalized spacial score (nSPS) is 11.3. The van der Waals surface area contributed by atoms with Crippen molar-refractivity contribution in [2.45, 2.75) is 6.92 Å². The average Bonchev–Trinajstić information content (AvgIpc) is 2.48. The van der Waals surface area contributed by atoms with Crippen molar-refractivity contribution in [3.05, 3.63) is 63.6 Å². The van der Waals surface area contributed by atoms with Crippen molar-refractivity contribution in [1.29, 1.82) is 0 Å². The molecule has 0 radical (unpaired) electrons. The van der Waals surface area contributed by atoms with Crippen molar-refractivity contribution < 1.29 is 9.90 Å². The SMILES string of the molecule is CC(=NNC(=O)c1ccc(Cl)c(Cl)c1)c1ccc(O)cc1.